The Morgan fingerprint density at radius 2 is 1.56 bits per heavy atom. The topological polar surface area (TPSA) is 63.1 Å². The Balaban J connectivity index is 0.000000274. The van der Waals surface area contributed by atoms with Gasteiger partial charge in [0.25, 0.3) is 0 Å². The van der Waals surface area contributed by atoms with E-state index in [4.69, 9.17) is 9.97 Å². The van der Waals surface area contributed by atoms with Crippen molar-refractivity contribution in [3.63, 3.8) is 0 Å². The van der Waals surface area contributed by atoms with Gasteiger partial charge in [0.05, 0.1) is 24.9 Å². The average molecular weight is 772 g/mol. The molecule has 43 heavy (non-hydrogen) atoms. The second kappa shape index (κ2) is 14.0. The van der Waals surface area contributed by atoms with Crippen molar-refractivity contribution in [2.45, 2.75) is 92.3 Å². The molecular weight excluding hydrogens is 725 g/mol. The van der Waals surface area contributed by atoms with E-state index in [1.807, 2.05) is 33.8 Å². The fourth-order valence-corrected chi connectivity index (χ4v) is 7.67. The van der Waals surface area contributed by atoms with E-state index in [1.54, 1.807) is 0 Å². The summed E-state index contributed by atoms with van der Waals surface area (Å²) in [5, 5.41) is 13.7. The van der Waals surface area contributed by atoms with Gasteiger partial charge in [0.15, 0.2) is 5.78 Å². The molecule has 4 nitrogen and oxygen atoms in total. The molecule has 0 spiro atoms. The number of benzene rings is 3. The molecule has 0 fully saturated rings. The minimum Gasteiger partial charge on any atom is -0.512 e. The van der Waals surface area contributed by atoms with Crippen molar-refractivity contribution in [1.29, 1.82) is 0 Å². The smallest absolute Gasteiger partial charge is 0.162 e. The number of aliphatic hydroxyl groups excluding tert-OH is 1. The summed E-state index contributed by atoms with van der Waals surface area (Å²) >= 11 is 0. The maximum atomic E-state index is 11.7. The Morgan fingerprint density at radius 3 is 2.16 bits per heavy atom. The molecule has 1 N–H and O–H groups in total. The molecule has 0 aliphatic heterocycles. The summed E-state index contributed by atoms with van der Waals surface area (Å²) in [7, 11) is -1.52. The number of carbonyl (C=O) groups is 1. The SMILES string of the molecule is CC1(C)c2nc3c([Si](C)(C)C)cccc3nc2-c2[c-]ccc3cccc1c23.CCC(CC)C(=O)/C=C(\O)C(CC)CC.[Ir]. The number of carbonyl (C=O) groups excluding carboxylic acids is 1. The third-order valence-electron chi connectivity index (χ3n) is 8.92. The Hall–Kier alpha value is -2.66. The summed E-state index contributed by atoms with van der Waals surface area (Å²) < 4.78 is 0. The van der Waals surface area contributed by atoms with Crippen molar-refractivity contribution < 1.29 is 30.0 Å². The molecule has 3 aromatic carbocycles. The first-order chi connectivity index (χ1) is 19.9. The van der Waals surface area contributed by atoms with Gasteiger partial charge in [0.2, 0.25) is 0 Å². The second-order valence-corrected chi connectivity index (χ2v) is 18.1. The Morgan fingerprint density at radius 1 is 0.930 bits per heavy atom. The van der Waals surface area contributed by atoms with Gasteiger partial charge in [-0.05, 0) is 36.9 Å². The quantitative estimate of drug-likeness (QED) is 0.0840. The third-order valence-corrected chi connectivity index (χ3v) is 10.9. The van der Waals surface area contributed by atoms with Crippen LogP contribution in [0.5, 0.6) is 0 Å². The van der Waals surface area contributed by atoms with Crippen LogP contribution in [0.4, 0.5) is 0 Å². The monoisotopic (exact) mass is 772 g/mol. The van der Waals surface area contributed by atoms with Crippen LogP contribution in [0.1, 0.15) is 78.5 Å². The first kappa shape index (κ1) is 34.8. The molecule has 1 aliphatic rings. The van der Waals surface area contributed by atoms with Crippen LogP contribution >= 0.6 is 0 Å². The van der Waals surface area contributed by atoms with Gasteiger partial charge in [-0.25, -0.2) is 0 Å². The molecule has 0 saturated heterocycles. The van der Waals surface area contributed by atoms with Gasteiger partial charge in [-0.3, -0.25) is 14.8 Å². The minimum atomic E-state index is -1.52. The van der Waals surface area contributed by atoms with Gasteiger partial charge in [-0.2, -0.15) is 0 Å². The van der Waals surface area contributed by atoms with Crippen molar-refractivity contribution >= 4 is 40.8 Å². The Labute approximate surface area is 272 Å². The van der Waals surface area contributed by atoms with Crippen LogP contribution in [0.15, 0.2) is 60.4 Å². The number of rotatable bonds is 8. The zero-order valence-corrected chi connectivity index (χ0v) is 30.7. The van der Waals surface area contributed by atoms with Crippen LogP contribution < -0.4 is 5.19 Å². The molecule has 0 amide bonds. The van der Waals surface area contributed by atoms with E-state index < -0.39 is 8.07 Å². The molecule has 0 bridgehead atoms. The van der Waals surface area contributed by atoms with Crippen LogP contribution in [-0.4, -0.2) is 28.9 Å². The van der Waals surface area contributed by atoms with Gasteiger partial charge >= 0.3 is 0 Å². The molecule has 0 saturated carbocycles. The fourth-order valence-electron chi connectivity index (χ4n) is 6.18. The molecule has 1 aliphatic carbocycles. The van der Waals surface area contributed by atoms with E-state index in [9.17, 15) is 9.90 Å². The number of allylic oxidation sites excluding steroid dienone is 2. The van der Waals surface area contributed by atoms with E-state index in [-0.39, 0.29) is 48.9 Å². The zero-order valence-electron chi connectivity index (χ0n) is 27.3. The maximum Gasteiger partial charge on any atom is 0.162 e. The predicted octanol–water partition coefficient (Wildman–Crippen LogP) is 9.30. The Kier molecular flexibility index (Phi) is 11.3. The summed E-state index contributed by atoms with van der Waals surface area (Å²) in [6.07, 6.45) is 4.91. The van der Waals surface area contributed by atoms with Crippen molar-refractivity contribution in [3.8, 4) is 11.3 Å². The van der Waals surface area contributed by atoms with Crippen LogP contribution in [-0.2, 0) is 30.3 Å². The second-order valence-electron chi connectivity index (χ2n) is 13.1. The summed E-state index contributed by atoms with van der Waals surface area (Å²) in [6.45, 7) is 19.7. The summed E-state index contributed by atoms with van der Waals surface area (Å²) in [6, 6.07) is 20.6. The molecule has 0 unspecified atom stereocenters. The first-order valence-electron chi connectivity index (χ1n) is 15.6. The van der Waals surface area contributed by atoms with E-state index in [0.717, 1.165) is 53.7 Å². The largest absolute Gasteiger partial charge is 0.512 e. The van der Waals surface area contributed by atoms with Crippen molar-refractivity contribution in [2.24, 2.45) is 11.8 Å². The van der Waals surface area contributed by atoms with Crippen LogP contribution in [0.25, 0.3) is 33.1 Å². The summed E-state index contributed by atoms with van der Waals surface area (Å²) in [5.74, 6) is 0.547. The van der Waals surface area contributed by atoms with Gasteiger partial charge in [0, 0.05) is 54.8 Å². The number of para-hydroxylation sites is 1. The number of aliphatic hydroxyl groups is 1. The molecule has 4 aromatic rings. The number of aromatic nitrogens is 2. The molecule has 0 atom stereocenters. The third kappa shape index (κ3) is 6.87. The standard InChI is InChI=1S/C24H23N2Si.C13H24O2.Ir/c1-24(2)17-12-7-10-15-9-6-11-16(20(15)17)21-23(24)26-22-18(25-21)13-8-14-19(22)27(3,4)5;1-5-10(6-2)12(14)9-13(15)11(7-3)8-4;/h6-10,12-14H,1-5H3;9-11,14H,5-8H2,1-4H3;/q-1;;/b;12-9-;. The van der Waals surface area contributed by atoms with Crippen molar-refractivity contribution in [3.05, 3.63) is 77.7 Å². The van der Waals surface area contributed by atoms with Crippen molar-refractivity contribution in [1.82, 2.24) is 9.97 Å². The van der Waals surface area contributed by atoms with E-state index in [1.165, 1.54) is 27.6 Å². The number of hydrogen-bond donors (Lipinski definition) is 1. The first-order valence-corrected chi connectivity index (χ1v) is 19.1. The minimum absolute atomic E-state index is 0. The molecule has 231 valence electrons. The van der Waals surface area contributed by atoms with E-state index >= 15 is 0 Å². The number of fused-ring (bicyclic) bond motifs is 3. The molecule has 1 heterocycles. The van der Waals surface area contributed by atoms with Gasteiger partial charge in [-0.15, -0.1) is 29.1 Å². The fraction of sp³-hybridized carbons (Fsp3) is 0.432. The zero-order chi connectivity index (χ0) is 30.8. The average Bonchev–Trinajstić information content (AvgIpc) is 2.96. The molecule has 6 heteroatoms. The predicted molar refractivity (Wildman–Crippen MR) is 180 cm³/mol. The van der Waals surface area contributed by atoms with Crippen molar-refractivity contribution in [2.75, 3.05) is 0 Å². The molecular formula is C37H47IrN2O2Si-. The molecule has 1 radical (unpaired) electrons. The van der Waals surface area contributed by atoms with Gasteiger partial charge < -0.3 is 5.11 Å². The van der Waals surface area contributed by atoms with E-state index in [0.29, 0.717) is 0 Å². The van der Waals surface area contributed by atoms with Gasteiger partial charge in [-0.1, -0.05) is 102 Å². The van der Waals surface area contributed by atoms with Crippen LogP contribution in [0.3, 0.4) is 0 Å². The van der Waals surface area contributed by atoms with E-state index in [2.05, 4.69) is 82.0 Å². The normalized spacial score (nSPS) is 13.9. The Bertz CT molecular complexity index is 1620. The molecule has 5 rings (SSSR count). The number of hydrogen-bond acceptors (Lipinski definition) is 4. The number of nitrogens with zero attached hydrogens (tertiary/aromatic N) is 2. The number of ketones is 1. The van der Waals surface area contributed by atoms with Crippen LogP contribution in [0, 0.1) is 17.9 Å². The van der Waals surface area contributed by atoms with Crippen LogP contribution in [0.2, 0.25) is 19.6 Å². The maximum absolute atomic E-state index is 11.7. The summed E-state index contributed by atoms with van der Waals surface area (Å²) in [4.78, 5) is 22.1. The molecule has 1 aromatic heterocycles. The summed E-state index contributed by atoms with van der Waals surface area (Å²) in [5.41, 5.74) is 6.35. The van der Waals surface area contributed by atoms with Gasteiger partial charge in [0.1, 0.15) is 0 Å².